The second kappa shape index (κ2) is 6.10. The van der Waals surface area contributed by atoms with Crippen LogP contribution in [0.5, 0.6) is 0 Å². The van der Waals surface area contributed by atoms with Crippen LogP contribution in [0, 0.1) is 30.9 Å². The molecule has 0 amide bonds. The normalized spacial score (nSPS) is 10.5. The maximum absolute atomic E-state index is 11.1. The lowest BCUT2D eigenvalue weighted by atomic mass is 10.1. The summed E-state index contributed by atoms with van der Waals surface area (Å²) >= 11 is 6.12. The van der Waals surface area contributed by atoms with Crippen LogP contribution in [0.1, 0.15) is 22.4 Å². The fourth-order valence-corrected chi connectivity index (χ4v) is 2.36. The Balaban J connectivity index is 2.27. The summed E-state index contributed by atoms with van der Waals surface area (Å²) in [5, 5.41) is 14.9. The first-order chi connectivity index (χ1) is 9.90. The van der Waals surface area contributed by atoms with Crippen molar-refractivity contribution in [2.75, 3.05) is 5.32 Å². The van der Waals surface area contributed by atoms with Gasteiger partial charge in [-0.3, -0.25) is 15.1 Å². The third-order valence-electron chi connectivity index (χ3n) is 3.33. The highest BCUT2D eigenvalue weighted by molar-refractivity contribution is 6.33. The number of aromatic nitrogens is 1. The number of benzene rings is 1. The van der Waals surface area contributed by atoms with Crippen molar-refractivity contribution in [3.05, 3.63) is 61.9 Å². The molecule has 0 aliphatic carbocycles. The van der Waals surface area contributed by atoms with Gasteiger partial charge in [0.1, 0.15) is 0 Å². The number of pyridine rings is 1. The minimum Gasteiger partial charge on any atom is -0.378 e. The molecule has 0 unspecified atom stereocenters. The molecule has 5 nitrogen and oxygen atoms in total. The lowest BCUT2D eigenvalue weighted by Gasteiger charge is -2.11. The number of nitro groups is 1. The molecule has 2 aromatic rings. The minimum atomic E-state index is -0.366. The van der Waals surface area contributed by atoms with Gasteiger partial charge in [0.25, 0.3) is 5.69 Å². The molecule has 0 atom stereocenters. The lowest BCUT2D eigenvalue weighted by molar-refractivity contribution is -0.386. The third kappa shape index (κ3) is 3.31. The largest absolute Gasteiger partial charge is 0.378 e. The Morgan fingerprint density at radius 2 is 2.05 bits per heavy atom. The van der Waals surface area contributed by atoms with Crippen LogP contribution in [0.2, 0.25) is 5.02 Å². The Morgan fingerprint density at radius 1 is 1.33 bits per heavy atom. The molecular weight excluding hydrogens is 290 g/mol. The van der Waals surface area contributed by atoms with Crippen molar-refractivity contribution >= 4 is 23.0 Å². The van der Waals surface area contributed by atoms with Gasteiger partial charge in [-0.25, -0.2) is 0 Å². The van der Waals surface area contributed by atoms with Gasteiger partial charge in [0.15, 0.2) is 0 Å². The topological polar surface area (TPSA) is 68.1 Å². The van der Waals surface area contributed by atoms with Gasteiger partial charge in [0, 0.05) is 11.8 Å². The lowest BCUT2D eigenvalue weighted by Crippen LogP contribution is -2.07. The Bertz CT molecular complexity index is 702. The molecule has 0 bridgehead atoms. The standard InChI is InChI=1S/C15H16ClN3O2/c1-9-4-5-12(16)13(6-9)18-8-14-11(3)15(19(20)21)10(2)7-17-14/h4-7,18H,8H2,1-3H3. The van der Waals surface area contributed by atoms with Crippen molar-refractivity contribution in [2.24, 2.45) is 0 Å². The molecule has 1 aromatic carbocycles. The van der Waals surface area contributed by atoms with Crippen molar-refractivity contribution in [1.29, 1.82) is 0 Å². The molecule has 0 fully saturated rings. The second-order valence-electron chi connectivity index (χ2n) is 4.96. The average Bonchev–Trinajstić information content (AvgIpc) is 2.41. The Morgan fingerprint density at radius 3 is 2.71 bits per heavy atom. The molecule has 110 valence electrons. The summed E-state index contributed by atoms with van der Waals surface area (Å²) in [6, 6.07) is 5.67. The Labute approximate surface area is 128 Å². The summed E-state index contributed by atoms with van der Waals surface area (Å²) in [6.45, 7) is 5.76. The van der Waals surface area contributed by atoms with Gasteiger partial charge in [-0.05, 0) is 38.5 Å². The van der Waals surface area contributed by atoms with Gasteiger partial charge in [-0.15, -0.1) is 0 Å². The first-order valence-electron chi connectivity index (χ1n) is 6.49. The van der Waals surface area contributed by atoms with E-state index in [0.717, 1.165) is 11.3 Å². The second-order valence-corrected chi connectivity index (χ2v) is 5.36. The fraction of sp³-hybridized carbons (Fsp3) is 0.267. The number of nitrogens with one attached hydrogen (secondary N) is 1. The molecule has 2 rings (SSSR count). The number of halogens is 1. The number of hydrogen-bond donors (Lipinski definition) is 1. The van der Waals surface area contributed by atoms with Crippen LogP contribution in [-0.2, 0) is 6.54 Å². The van der Waals surface area contributed by atoms with E-state index in [0.29, 0.717) is 28.4 Å². The number of rotatable bonds is 4. The van der Waals surface area contributed by atoms with Gasteiger partial charge in [0.2, 0.25) is 0 Å². The SMILES string of the molecule is Cc1ccc(Cl)c(NCc2ncc(C)c([N+](=O)[O-])c2C)c1. The summed E-state index contributed by atoms with van der Waals surface area (Å²) in [4.78, 5) is 15.0. The van der Waals surface area contributed by atoms with Crippen LogP contribution in [0.15, 0.2) is 24.4 Å². The number of aryl methyl sites for hydroxylation is 2. The zero-order chi connectivity index (χ0) is 15.6. The predicted molar refractivity (Wildman–Crippen MR) is 83.9 cm³/mol. The highest BCUT2D eigenvalue weighted by Gasteiger charge is 2.18. The highest BCUT2D eigenvalue weighted by Crippen LogP contribution is 2.26. The maximum atomic E-state index is 11.1. The first kappa shape index (κ1) is 15.3. The Hall–Kier alpha value is -2.14. The van der Waals surface area contributed by atoms with Gasteiger partial charge in [-0.2, -0.15) is 0 Å². The molecular formula is C15H16ClN3O2. The van der Waals surface area contributed by atoms with E-state index >= 15 is 0 Å². The summed E-state index contributed by atoms with van der Waals surface area (Å²) in [5.74, 6) is 0. The van der Waals surface area contributed by atoms with Gasteiger partial charge >= 0.3 is 0 Å². The molecule has 0 aliphatic rings. The molecule has 1 aromatic heterocycles. The van der Waals surface area contributed by atoms with Crippen molar-refractivity contribution < 1.29 is 4.92 Å². The molecule has 0 saturated carbocycles. The summed E-state index contributed by atoms with van der Waals surface area (Å²) < 4.78 is 0. The zero-order valence-corrected chi connectivity index (χ0v) is 12.9. The van der Waals surface area contributed by atoms with Gasteiger partial charge < -0.3 is 5.32 Å². The Kier molecular flexibility index (Phi) is 4.43. The fourth-order valence-electron chi connectivity index (χ4n) is 2.18. The van der Waals surface area contributed by atoms with E-state index in [4.69, 9.17) is 11.6 Å². The van der Waals surface area contributed by atoms with Crippen LogP contribution in [0.3, 0.4) is 0 Å². The molecule has 0 saturated heterocycles. The number of anilines is 1. The van der Waals surface area contributed by atoms with Gasteiger partial charge in [0.05, 0.1) is 33.4 Å². The number of nitrogens with zero attached hydrogens (tertiary/aromatic N) is 2. The summed E-state index contributed by atoms with van der Waals surface area (Å²) in [7, 11) is 0. The van der Waals surface area contributed by atoms with E-state index in [-0.39, 0.29) is 10.6 Å². The van der Waals surface area contributed by atoms with Crippen LogP contribution >= 0.6 is 11.6 Å². The third-order valence-corrected chi connectivity index (χ3v) is 3.66. The minimum absolute atomic E-state index is 0.122. The van der Waals surface area contributed by atoms with Crippen LogP contribution in [0.4, 0.5) is 11.4 Å². The smallest absolute Gasteiger partial charge is 0.278 e. The first-order valence-corrected chi connectivity index (χ1v) is 6.87. The van der Waals surface area contributed by atoms with Crippen molar-refractivity contribution in [2.45, 2.75) is 27.3 Å². The number of hydrogen-bond acceptors (Lipinski definition) is 4. The molecule has 1 heterocycles. The van der Waals surface area contributed by atoms with Crippen molar-refractivity contribution in [3.8, 4) is 0 Å². The quantitative estimate of drug-likeness (QED) is 0.679. The molecule has 1 N–H and O–H groups in total. The molecule has 0 spiro atoms. The summed E-state index contributed by atoms with van der Waals surface area (Å²) in [6.07, 6.45) is 1.53. The zero-order valence-electron chi connectivity index (χ0n) is 12.1. The highest BCUT2D eigenvalue weighted by atomic mass is 35.5. The molecule has 0 aliphatic heterocycles. The molecule has 21 heavy (non-hydrogen) atoms. The molecule has 0 radical (unpaired) electrons. The van der Waals surface area contributed by atoms with E-state index < -0.39 is 0 Å². The van der Waals surface area contributed by atoms with Crippen molar-refractivity contribution in [3.63, 3.8) is 0 Å². The maximum Gasteiger partial charge on any atom is 0.278 e. The van der Waals surface area contributed by atoms with Gasteiger partial charge in [-0.1, -0.05) is 17.7 Å². The van der Waals surface area contributed by atoms with E-state index in [1.165, 1.54) is 6.20 Å². The van der Waals surface area contributed by atoms with E-state index in [1.54, 1.807) is 13.8 Å². The van der Waals surface area contributed by atoms with E-state index in [9.17, 15) is 10.1 Å². The average molecular weight is 306 g/mol. The van der Waals surface area contributed by atoms with Crippen LogP contribution in [-0.4, -0.2) is 9.91 Å². The monoisotopic (exact) mass is 305 g/mol. The predicted octanol–water partition coefficient (Wildman–Crippen LogP) is 4.18. The van der Waals surface area contributed by atoms with Crippen LogP contribution < -0.4 is 5.32 Å². The van der Waals surface area contributed by atoms with E-state index in [1.807, 2.05) is 25.1 Å². The van der Waals surface area contributed by atoms with E-state index in [2.05, 4.69) is 10.3 Å². The van der Waals surface area contributed by atoms with Crippen LogP contribution in [0.25, 0.3) is 0 Å². The summed E-state index contributed by atoms with van der Waals surface area (Å²) in [5.41, 5.74) is 3.79. The molecule has 6 heteroatoms. The van der Waals surface area contributed by atoms with Crippen molar-refractivity contribution in [1.82, 2.24) is 4.98 Å².